The fraction of sp³-hybridized carbons (Fsp3) is 0.952. The highest BCUT2D eigenvalue weighted by atomic mass is 127. The van der Waals surface area contributed by atoms with Crippen molar-refractivity contribution in [3.63, 3.8) is 0 Å². The van der Waals surface area contributed by atoms with Gasteiger partial charge in [-0.3, -0.25) is 4.99 Å². The van der Waals surface area contributed by atoms with Crippen LogP contribution in [0.1, 0.15) is 65.2 Å². The zero-order valence-corrected chi connectivity index (χ0v) is 20.2. The Morgan fingerprint density at radius 2 is 1.93 bits per heavy atom. The number of guanidine groups is 1. The van der Waals surface area contributed by atoms with Gasteiger partial charge in [0.05, 0.1) is 0 Å². The number of likely N-dealkylation sites (tertiary alicyclic amines) is 1. The van der Waals surface area contributed by atoms with Crippen LogP contribution < -0.4 is 10.6 Å². The molecule has 0 aromatic heterocycles. The summed E-state index contributed by atoms with van der Waals surface area (Å²) in [7, 11) is 1.80. The third kappa shape index (κ3) is 9.31. The number of nitrogens with zero attached hydrogens (tertiary/aromatic N) is 2. The van der Waals surface area contributed by atoms with Crippen LogP contribution in [0.3, 0.4) is 0 Å². The van der Waals surface area contributed by atoms with Crippen molar-refractivity contribution in [2.24, 2.45) is 16.3 Å². The quantitative estimate of drug-likeness (QED) is 0.198. The molecule has 1 aliphatic heterocycles. The fourth-order valence-electron chi connectivity index (χ4n) is 4.02. The second-order valence-electron chi connectivity index (χ2n) is 8.45. The van der Waals surface area contributed by atoms with E-state index < -0.39 is 0 Å². The summed E-state index contributed by atoms with van der Waals surface area (Å²) in [5.41, 5.74) is 0.393. The zero-order chi connectivity index (χ0) is 18.7. The van der Waals surface area contributed by atoms with Crippen LogP contribution in [0.2, 0.25) is 0 Å². The molecule has 1 heterocycles. The molecule has 0 spiro atoms. The zero-order valence-electron chi connectivity index (χ0n) is 17.9. The predicted octanol–water partition coefficient (Wildman–Crippen LogP) is 3.88. The molecule has 2 fully saturated rings. The molecular formula is C21H43IN4O. The van der Waals surface area contributed by atoms with Gasteiger partial charge in [0, 0.05) is 33.4 Å². The van der Waals surface area contributed by atoms with Gasteiger partial charge in [-0.2, -0.15) is 0 Å². The van der Waals surface area contributed by atoms with E-state index in [1.54, 1.807) is 7.11 Å². The van der Waals surface area contributed by atoms with Crippen LogP contribution in [-0.4, -0.2) is 63.8 Å². The summed E-state index contributed by atoms with van der Waals surface area (Å²) >= 11 is 0. The monoisotopic (exact) mass is 494 g/mol. The Balaban J connectivity index is 0.00000364. The number of methoxy groups -OCH3 is 1. The summed E-state index contributed by atoms with van der Waals surface area (Å²) in [6.07, 6.45) is 10.3. The lowest BCUT2D eigenvalue weighted by Gasteiger charge is -2.40. The van der Waals surface area contributed by atoms with Gasteiger partial charge in [-0.05, 0) is 82.8 Å². The van der Waals surface area contributed by atoms with E-state index in [4.69, 9.17) is 9.73 Å². The predicted molar refractivity (Wildman–Crippen MR) is 126 cm³/mol. The van der Waals surface area contributed by atoms with E-state index in [0.29, 0.717) is 5.41 Å². The standard InChI is InChI=1S/C21H42N4O.HI/c1-4-22-20(24-18-21(10-7-11-21)12-17-26-3)23-13-5-6-14-25-15-8-19(2)9-16-25;/h19H,4-18H2,1-3H3,(H2,22,23,24);1H. The van der Waals surface area contributed by atoms with Crippen molar-refractivity contribution in [2.75, 3.05) is 53.0 Å². The number of hydrogen-bond acceptors (Lipinski definition) is 3. The van der Waals surface area contributed by atoms with Crippen LogP contribution in [0.25, 0.3) is 0 Å². The molecular weight excluding hydrogens is 451 g/mol. The minimum absolute atomic E-state index is 0. The highest BCUT2D eigenvalue weighted by molar-refractivity contribution is 14.0. The van der Waals surface area contributed by atoms with Crippen molar-refractivity contribution in [3.05, 3.63) is 0 Å². The van der Waals surface area contributed by atoms with Crippen LogP contribution in [-0.2, 0) is 4.74 Å². The molecule has 1 aliphatic carbocycles. The number of halogens is 1. The number of piperidine rings is 1. The molecule has 1 saturated carbocycles. The summed E-state index contributed by atoms with van der Waals surface area (Å²) in [5, 5.41) is 6.93. The Kier molecular flexibility index (Phi) is 12.9. The molecule has 0 bridgehead atoms. The van der Waals surface area contributed by atoms with Gasteiger partial charge in [-0.25, -0.2) is 0 Å². The second-order valence-corrected chi connectivity index (χ2v) is 8.45. The van der Waals surface area contributed by atoms with Crippen molar-refractivity contribution in [2.45, 2.75) is 65.2 Å². The highest BCUT2D eigenvalue weighted by Crippen LogP contribution is 2.44. The molecule has 6 heteroatoms. The Morgan fingerprint density at radius 1 is 1.19 bits per heavy atom. The largest absolute Gasteiger partial charge is 0.385 e. The topological polar surface area (TPSA) is 48.9 Å². The van der Waals surface area contributed by atoms with Crippen LogP contribution in [0.15, 0.2) is 4.99 Å². The van der Waals surface area contributed by atoms with Crippen LogP contribution >= 0.6 is 24.0 Å². The van der Waals surface area contributed by atoms with E-state index in [9.17, 15) is 0 Å². The molecule has 5 nitrogen and oxygen atoms in total. The molecule has 1 saturated heterocycles. The van der Waals surface area contributed by atoms with Gasteiger partial charge in [0.15, 0.2) is 5.96 Å². The Hall–Kier alpha value is -0.0800. The maximum atomic E-state index is 5.29. The molecule has 0 atom stereocenters. The van der Waals surface area contributed by atoms with E-state index in [-0.39, 0.29) is 24.0 Å². The SMILES string of the molecule is CCNC(=NCC1(CCOC)CCC1)NCCCCN1CCC(C)CC1.I. The first kappa shape index (κ1) is 25.0. The van der Waals surface area contributed by atoms with Gasteiger partial charge in [0.2, 0.25) is 0 Å². The highest BCUT2D eigenvalue weighted by Gasteiger charge is 2.36. The fourth-order valence-corrected chi connectivity index (χ4v) is 4.02. The third-order valence-electron chi connectivity index (χ3n) is 6.24. The van der Waals surface area contributed by atoms with Crippen LogP contribution in [0.5, 0.6) is 0 Å². The molecule has 0 unspecified atom stereocenters. The number of rotatable bonds is 11. The first-order valence-electron chi connectivity index (χ1n) is 10.9. The maximum Gasteiger partial charge on any atom is 0.191 e. The van der Waals surface area contributed by atoms with Gasteiger partial charge in [-0.1, -0.05) is 13.3 Å². The normalized spacial score (nSPS) is 20.6. The van der Waals surface area contributed by atoms with Gasteiger partial charge in [-0.15, -0.1) is 24.0 Å². The molecule has 0 amide bonds. The van der Waals surface area contributed by atoms with E-state index in [1.807, 2.05) is 0 Å². The lowest BCUT2D eigenvalue weighted by Crippen LogP contribution is -2.40. The number of unbranched alkanes of at least 4 members (excludes halogenated alkanes) is 1. The van der Waals surface area contributed by atoms with Crippen LogP contribution in [0, 0.1) is 11.3 Å². The molecule has 0 aromatic carbocycles. The number of nitrogens with one attached hydrogen (secondary N) is 2. The first-order chi connectivity index (χ1) is 12.7. The van der Waals surface area contributed by atoms with Gasteiger partial charge in [0.1, 0.15) is 0 Å². The Morgan fingerprint density at radius 3 is 2.52 bits per heavy atom. The third-order valence-corrected chi connectivity index (χ3v) is 6.24. The van der Waals surface area contributed by atoms with Crippen molar-refractivity contribution < 1.29 is 4.74 Å². The number of aliphatic imine (C=N–C) groups is 1. The summed E-state index contributed by atoms with van der Waals surface area (Å²) in [5.74, 6) is 1.91. The maximum absolute atomic E-state index is 5.29. The summed E-state index contributed by atoms with van der Waals surface area (Å²) in [6.45, 7) is 12.1. The second kappa shape index (κ2) is 14.0. The van der Waals surface area contributed by atoms with Crippen molar-refractivity contribution in [3.8, 4) is 0 Å². The average molecular weight is 495 g/mol. The summed E-state index contributed by atoms with van der Waals surface area (Å²) in [6, 6.07) is 0. The molecule has 2 aliphatic rings. The summed E-state index contributed by atoms with van der Waals surface area (Å²) in [4.78, 5) is 7.52. The van der Waals surface area contributed by atoms with E-state index in [2.05, 4.69) is 29.4 Å². The smallest absolute Gasteiger partial charge is 0.191 e. The minimum Gasteiger partial charge on any atom is -0.385 e. The van der Waals surface area contributed by atoms with Crippen molar-refractivity contribution in [1.82, 2.24) is 15.5 Å². The molecule has 0 aromatic rings. The Bertz CT molecular complexity index is 407. The van der Waals surface area contributed by atoms with Crippen LogP contribution in [0.4, 0.5) is 0 Å². The minimum atomic E-state index is 0. The molecule has 27 heavy (non-hydrogen) atoms. The lowest BCUT2D eigenvalue weighted by molar-refractivity contribution is 0.0778. The number of hydrogen-bond donors (Lipinski definition) is 2. The lowest BCUT2D eigenvalue weighted by atomic mass is 9.67. The average Bonchev–Trinajstić information content (AvgIpc) is 2.61. The first-order valence-corrected chi connectivity index (χ1v) is 10.9. The van der Waals surface area contributed by atoms with E-state index in [0.717, 1.165) is 44.5 Å². The molecule has 2 N–H and O–H groups in total. The Labute approximate surface area is 184 Å². The van der Waals surface area contributed by atoms with E-state index in [1.165, 1.54) is 64.6 Å². The molecule has 0 radical (unpaired) electrons. The molecule has 160 valence electrons. The molecule has 2 rings (SSSR count). The van der Waals surface area contributed by atoms with Gasteiger partial charge >= 0.3 is 0 Å². The summed E-state index contributed by atoms with van der Waals surface area (Å²) < 4.78 is 5.29. The van der Waals surface area contributed by atoms with E-state index >= 15 is 0 Å². The van der Waals surface area contributed by atoms with Gasteiger partial charge < -0.3 is 20.3 Å². The van der Waals surface area contributed by atoms with Crippen molar-refractivity contribution >= 4 is 29.9 Å². The van der Waals surface area contributed by atoms with Gasteiger partial charge in [0.25, 0.3) is 0 Å². The van der Waals surface area contributed by atoms with Crippen molar-refractivity contribution in [1.29, 1.82) is 0 Å². The number of ether oxygens (including phenoxy) is 1.